The molecule has 0 N–H and O–H groups in total. The van der Waals surface area contributed by atoms with Crippen LogP contribution >= 0.6 is 0 Å². The number of alkyl halides is 3. The van der Waals surface area contributed by atoms with Crippen LogP contribution in [-0.4, -0.2) is 5.78 Å². The average Bonchev–Trinajstić information content (AvgIpc) is 3.37. The van der Waals surface area contributed by atoms with E-state index in [1.165, 1.54) is 68.0 Å². The van der Waals surface area contributed by atoms with Crippen molar-refractivity contribution in [3.05, 3.63) is 120 Å². The van der Waals surface area contributed by atoms with Gasteiger partial charge in [0.1, 0.15) is 11.4 Å². The van der Waals surface area contributed by atoms with Gasteiger partial charge in [-0.25, -0.2) is 4.39 Å². The number of carbonyl (C=O) groups is 1. The molecule has 0 spiro atoms. The molecule has 1 aromatic heterocycles. The molecule has 0 unspecified atom stereocenters. The number of halogens is 4. The van der Waals surface area contributed by atoms with Crippen molar-refractivity contribution in [3.8, 4) is 0 Å². The SMILES string of the molecule is CCCC(C)CCC.CCc1ccc(F)cc1.FC(F)(F)c1cc[c-]cc1.[CH2-]CC(C[CH2-])Cc1ccc2c(C)c(C(C)=O)oc2c1.[K+]. The van der Waals surface area contributed by atoms with Gasteiger partial charge in [-0.1, -0.05) is 89.1 Å². The maximum absolute atomic E-state index is 12.2. The van der Waals surface area contributed by atoms with Crippen molar-refractivity contribution in [2.24, 2.45) is 11.8 Å². The van der Waals surface area contributed by atoms with Crippen LogP contribution in [-0.2, 0) is 19.0 Å². The summed E-state index contributed by atoms with van der Waals surface area (Å²) in [7, 11) is 0. The summed E-state index contributed by atoms with van der Waals surface area (Å²) < 4.78 is 53.2. The Bertz CT molecular complexity index is 1390. The van der Waals surface area contributed by atoms with Crippen LogP contribution in [0.15, 0.2) is 71.1 Å². The van der Waals surface area contributed by atoms with E-state index in [1.54, 1.807) is 12.1 Å². The van der Waals surface area contributed by atoms with E-state index in [9.17, 15) is 22.4 Å². The van der Waals surface area contributed by atoms with E-state index in [4.69, 9.17) is 4.42 Å². The molecule has 0 aliphatic rings. The summed E-state index contributed by atoms with van der Waals surface area (Å²) in [6.45, 7) is 20.3. The summed E-state index contributed by atoms with van der Waals surface area (Å²) >= 11 is 0. The Labute approximate surface area is 323 Å². The molecule has 2 nitrogen and oxygen atoms in total. The smallest absolute Gasteiger partial charge is 0.453 e. The summed E-state index contributed by atoms with van der Waals surface area (Å²) in [6, 6.07) is 19.7. The molecule has 3 aromatic carbocycles. The predicted molar refractivity (Wildman–Crippen MR) is 183 cm³/mol. The van der Waals surface area contributed by atoms with Crippen molar-refractivity contribution < 1.29 is 78.2 Å². The Kier molecular flexibility index (Phi) is 23.5. The van der Waals surface area contributed by atoms with Gasteiger partial charge in [0.15, 0.2) is 11.5 Å². The van der Waals surface area contributed by atoms with Crippen LogP contribution in [0.4, 0.5) is 17.6 Å². The summed E-state index contributed by atoms with van der Waals surface area (Å²) in [5.74, 6) is 1.75. The molecule has 0 saturated heterocycles. The number of carbonyl (C=O) groups excluding carboxylic acids is 1. The molecule has 0 amide bonds. The van der Waals surface area contributed by atoms with Crippen LogP contribution in [0.1, 0.15) is 106 Å². The Hall–Kier alpha value is -1.77. The fourth-order valence-electron chi connectivity index (χ4n) is 4.84. The zero-order valence-corrected chi connectivity index (χ0v) is 32.5. The van der Waals surface area contributed by atoms with E-state index >= 15 is 0 Å². The Morgan fingerprint density at radius 2 is 1.43 bits per heavy atom. The van der Waals surface area contributed by atoms with Gasteiger partial charge in [0.2, 0.25) is 0 Å². The molecule has 47 heavy (non-hydrogen) atoms. The largest absolute Gasteiger partial charge is 1.00 e. The number of Topliss-reactive ketones (excluding diaryl/α,β-unsaturated/α-hetero) is 1. The molecule has 0 atom stereocenters. The minimum absolute atomic E-state index is 0. The van der Waals surface area contributed by atoms with Crippen molar-refractivity contribution in [2.45, 2.75) is 99.1 Å². The fraction of sp³-hybridized carbons (Fsp3) is 0.425. The number of aryl methyl sites for hydroxylation is 2. The zero-order valence-electron chi connectivity index (χ0n) is 29.4. The van der Waals surface area contributed by atoms with E-state index < -0.39 is 11.7 Å². The second-order valence-electron chi connectivity index (χ2n) is 11.5. The minimum Gasteiger partial charge on any atom is -0.453 e. The van der Waals surface area contributed by atoms with E-state index in [0.717, 1.165) is 60.3 Å². The molecular formula is C40H51F4KO2-2. The van der Waals surface area contributed by atoms with Crippen LogP contribution in [0.5, 0.6) is 0 Å². The molecule has 0 fully saturated rings. The molecule has 0 aliphatic heterocycles. The van der Waals surface area contributed by atoms with Crippen molar-refractivity contribution in [1.29, 1.82) is 0 Å². The number of ketones is 1. The minimum atomic E-state index is -4.23. The van der Waals surface area contributed by atoms with Crippen LogP contribution in [0.3, 0.4) is 0 Å². The van der Waals surface area contributed by atoms with Gasteiger partial charge in [0.05, 0.1) is 0 Å². The summed E-state index contributed by atoms with van der Waals surface area (Å²) in [4.78, 5) is 11.5. The van der Waals surface area contributed by atoms with Crippen molar-refractivity contribution in [2.75, 3.05) is 0 Å². The van der Waals surface area contributed by atoms with E-state index in [1.807, 2.05) is 26.0 Å². The number of rotatable bonds is 10. The summed E-state index contributed by atoms with van der Waals surface area (Å²) in [6.07, 6.45) is 4.99. The normalized spacial score (nSPS) is 10.7. The van der Waals surface area contributed by atoms with Gasteiger partial charge in [0.25, 0.3) is 0 Å². The summed E-state index contributed by atoms with van der Waals surface area (Å²) in [5.41, 5.74) is 3.49. The Morgan fingerprint density at radius 1 is 0.894 bits per heavy atom. The molecule has 254 valence electrons. The molecule has 0 radical (unpaired) electrons. The molecule has 0 aliphatic carbocycles. The number of hydrogen-bond donors (Lipinski definition) is 0. The van der Waals surface area contributed by atoms with Gasteiger partial charge >= 0.3 is 57.6 Å². The maximum atomic E-state index is 12.2. The van der Waals surface area contributed by atoms with Gasteiger partial charge in [-0.2, -0.15) is 56.3 Å². The van der Waals surface area contributed by atoms with E-state index in [0.29, 0.717) is 11.7 Å². The van der Waals surface area contributed by atoms with Crippen LogP contribution < -0.4 is 51.4 Å². The molecule has 0 bridgehead atoms. The first-order chi connectivity index (χ1) is 21.8. The van der Waals surface area contributed by atoms with Crippen molar-refractivity contribution in [3.63, 3.8) is 0 Å². The first-order valence-corrected chi connectivity index (χ1v) is 16.2. The quantitative estimate of drug-likeness (QED) is 0.0724. The second-order valence-corrected chi connectivity index (χ2v) is 11.5. The summed E-state index contributed by atoms with van der Waals surface area (Å²) in [5, 5.41) is 1.02. The molecule has 4 aromatic rings. The topological polar surface area (TPSA) is 30.2 Å². The molecule has 4 rings (SSSR count). The van der Waals surface area contributed by atoms with Crippen LogP contribution in [0.25, 0.3) is 11.0 Å². The molecule has 0 saturated carbocycles. The van der Waals surface area contributed by atoms with Crippen LogP contribution in [0, 0.1) is 44.5 Å². The van der Waals surface area contributed by atoms with E-state index in [-0.39, 0.29) is 63.0 Å². The maximum Gasteiger partial charge on any atom is 1.00 e. The average molecular weight is 679 g/mol. The fourth-order valence-corrected chi connectivity index (χ4v) is 4.84. The second kappa shape index (κ2) is 24.4. The van der Waals surface area contributed by atoms with Gasteiger partial charge in [-0.15, -0.1) is 0 Å². The number of benzene rings is 3. The Morgan fingerprint density at radius 3 is 1.85 bits per heavy atom. The third-order valence-electron chi connectivity index (χ3n) is 7.59. The predicted octanol–water partition coefficient (Wildman–Crippen LogP) is 9.67. The first kappa shape index (κ1) is 45.2. The third-order valence-corrected chi connectivity index (χ3v) is 7.59. The molecular weight excluding hydrogens is 628 g/mol. The van der Waals surface area contributed by atoms with Gasteiger partial charge in [-0.05, 0) is 55.0 Å². The Balaban J connectivity index is 0.000000644. The molecule has 7 heteroatoms. The molecule has 1 heterocycles. The monoisotopic (exact) mass is 678 g/mol. The zero-order chi connectivity index (χ0) is 34.7. The van der Waals surface area contributed by atoms with Crippen molar-refractivity contribution >= 4 is 16.8 Å². The number of furan rings is 1. The first-order valence-electron chi connectivity index (χ1n) is 16.2. The standard InChI is InChI=1S/C17H20O2.C8H9F.C8H18.C7H4F3.K/c1-5-13(6-2)9-14-7-8-15-11(3)17(12(4)18)19-16(15)10-14;1-2-7-3-5-8(9)6-4-7;1-4-6-8(3)7-5-2;8-7(9,10)6-4-2-1-3-5-6;/h7-8,10,13H,1-2,5-6,9H2,3-4H3;3-6H,2H2,1H3;8H,4-7H2,1-3H3;2-5H;/q-2;;;-1;+1. The van der Waals surface area contributed by atoms with Crippen molar-refractivity contribution in [1.82, 2.24) is 0 Å². The van der Waals surface area contributed by atoms with Crippen LogP contribution in [0.2, 0.25) is 0 Å². The van der Waals surface area contributed by atoms with Gasteiger partial charge in [0, 0.05) is 17.9 Å². The van der Waals surface area contributed by atoms with E-state index in [2.05, 4.69) is 46.8 Å². The third kappa shape index (κ3) is 17.4. The number of hydrogen-bond acceptors (Lipinski definition) is 2. The van der Waals surface area contributed by atoms with Gasteiger partial charge < -0.3 is 18.3 Å². The van der Waals surface area contributed by atoms with Gasteiger partial charge in [-0.3, -0.25) is 4.79 Å². The number of fused-ring (bicyclic) bond motifs is 1.